The Kier molecular flexibility index (Phi) is 3.41. The summed E-state index contributed by atoms with van der Waals surface area (Å²) >= 11 is 0. The summed E-state index contributed by atoms with van der Waals surface area (Å²) < 4.78 is 26.4. The molecule has 0 radical (unpaired) electrons. The van der Waals surface area contributed by atoms with Crippen LogP contribution in [0.2, 0.25) is 0 Å². The van der Waals surface area contributed by atoms with Gasteiger partial charge in [-0.1, -0.05) is 6.42 Å². The van der Waals surface area contributed by atoms with Crippen molar-refractivity contribution in [1.29, 1.82) is 5.26 Å². The Labute approximate surface area is 101 Å². The maximum Gasteiger partial charge on any atom is 0.243 e. The molecule has 1 N–H and O–H groups in total. The predicted octanol–water partition coefficient (Wildman–Crippen LogP) is 1.03. The smallest absolute Gasteiger partial charge is 0.243 e. The summed E-state index contributed by atoms with van der Waals surface area (Å²) in [4.78, 5) is 3.70. The minimum absolute atomic E-state index is 0.0400. The van der Waals surface area contributed by atoms with E-state index in [9.17, 15) is 8.42 Å². The van der Waals surface area contributed by atoms with Crippen LogP contribution in [0.25, 0.3) is 0 Å². The summed E-state index contributed by atoms with van der Waals surface area (Å²) in [5.41, 5.74) is -0.0615. The van der Waals surface area contributed by atoms with E-state index in [1.165, 1.54) is 24.8 Å². The summed E-state index contributed by atoms with van der Waals surface area (Å²) in [5, 5.41) is 8.81. The molecule has 1 heterocycles. The summed E-state index contributed by atoms with van der Waals surface area (Å²) in [7, 11) is -3.61. The second kappa shape index (κ2) is 4.82. The zero-order valence-corrected chi connectivity index (χ0v) is 10.1. The lowest BCUT2D eigenvalue weighted by atomic mass is 9.86. The third-order valence-corrected chi connectivity index (χ3v) is 4.41. The van der Waals surface area contributed by atoms with Crippen LogP contribution in [0, 0.1) is 17.2 Å². The standard InChI is InChI=1S/C11H13N3O2S/c12-7-10-11(5-2-6-13-10)17(15,16)14-8-9-3-1-4-9/h2,5-6,9,14H,1,3-4,8H2. The Hall–Kier alpha value is -1.45. The van der Waals surface area contributed by atoms with E-state index in [2.05, 4.69) is 9.71 Å². The van der Waals surface area contributed by atoms with Crippen molar-refractivity contribution >= 4 is 10.0 Å². The van der Waals surface area contributed by atoms with Crippen molar-refractivity contribution in [2.45, 2.75) is 24.2 Å². The van der Waals surface area contributed by atoms with Gasteiger partial charge in [0.15, 0.2) is 5.69 Å². The molecule has 0 atom stereocenters. The van der Waals surface area contributed by atoms with Gasteiger partial charge in [-0.05, 0) is 30.9 Å². The molecular weight excluding hydrogens is 238 g/mol. The van der Waals surface area contributed by atoms with Crippen LogP contribution in [0.5, 0.6) is 0 Å². The topological polar surface area (TPSA) is 82.8 Å². The second-order valence-corrected chi connectivity index (χ2v) is 5.85. The number of nitrogens with zero attached hydrogens (tertiary/aromatic N) is 2. The van der Waals surface area contributed by atoms with Crippen LogP contribution >= 0.6 is 0 Å². The molecule has 1 aliphatic carbocycles. The Bertz CT molecular complexity index is 544. The molecule has 2 rings (SSSR count). The van der Waals surface area contributed by atoms with Crippen LogP contribution in [0.15, 0.2) is 23.2 Å². The van der Waals surface area contributed by atoms with Crippen LogP contribution in [-0.4, -0.2) is 19.9 Å². The van der Waals surface area contributed by atoms with E-state index >= 15 is 0 Å². The summed E-state index contributed by atoms with van der Waals surface area (Å²) in [5.74, 6) is 0.437. The first-order valence-electron chi connectivity index (χ1n) is 5.48. The maximum absolute atomic E-state index is 12.0. The minimum atomic E-state index is -3.61. The molecule has 1 aliphatic rings. The molecule has 0 aromatic carbocycles. The number of hydrogen-bond donors (Lipinski definition) is 1. The van der Waals surface area contributed by atoms with Crippen LogP contribution in [-0.2, 0) is 10.0 Å². The lowest BCUT2D eigenvalue weighted by molar-refractivity contribution is 0.316. The van der Waals surface area contributed by atoms with Crippen molar-refractivity contribution in [1.82, 2.24) is 9.71 Å². The molecule has 0 spiro atoms. The van der Waals surface area contributed by atoms with Crippen molar-refractivity contribution in [2.75, 3.05) is 6.54 Å². The third-order valence-electron chi connectivity index (χ3n) is 2.95. The van der Waals surface area contributed by atoms with E-state index in [4.69, 9.17) is 5.26 Å². The Morgan fingerprint density at radius 2 is 2.29 bits per heavy atom. The molecule has 0 unspecified atom stereocenters. The molecule has 0 bridgehead atoms. The van der Waals surface area contributed by atoms with Crippen LogP contribution in [0.3, 0.4) is 0 Å². The van der Waals surface area contributed by atoms with Gasteiger partial charge >= 0.3 is 0 Å². The maximum atomic E-state index is 12.0. The molecule has 1 aromatic heterocycles. The first kappa shape index (κ1) is 12.0. The lowest BCUT2D eigenvalue weighted by Gasteiger charge is -2.25. The van der Waals surface area contributed by atoms with E-state index in [-0.39, 0.29) is 10.6 Å². The van der Waals surface area contributed by atoms with Crippen LogP contribution < -0.4 is 4.72 Å². The van der Waals surface area contributed by atoms with Crippen molar-refractivity contribution in [3.63, 3.8) is 0 Å². The van der Waals surface area contributed by atoms with E-state index in [0.29, 0.717) is 12.5 Å². The SMILES string of the molecule is N#Cc1ncccc1S(=O)(=O)NCC1CCC1. The highest BCUT2D eigenvalue weighted by atomic mass is 32.2. The normalized spacial score (nSPS) is 16.2. The molecule has 1 saturated carbocycles. The zero-order valence-electron chi connectivity index (χ0n) is 9.26. The number of rotatable bonds is 4. The molecule has 0 aliphatic heterocycles. The van der Waals surface area contributed by atoms with Crippen molar-refractivity contribution in [2.24, 2.45) is 5.92 Å². The van der Waals surface area contributed by atoms with Gasteiger partial charge in [0.05, 0.1) is 0 Å². The molecule has 5 nitrogen and oxygen atoms in total. The average Bonchev–Trinajstić information content (AvgIpc) is 2.26. The van der Waals surface area contributed by atoms with Gasteiger partial charge in [-0.3, -0.25) is 0 Å². The molecule has 1 aromatic rings. The van der Waals surface area contributed by atoms with Gasteiger partial charge < -0.3 is 0 Å². The number of nitriles is 1. The van der Waals surface area contributed by atoms with Crippen molar-refractivity contribution < 1.29 is 8.42 Å². The summed E-state index contributed by atoms with van der Waals surface area (Å²) in [6.07, 6.45) is 4.72. The second-order valence-electron chi connectivity index (χ2n) is 4.11. The fraction of sp³-hybridized carbons (Fsp3) is 0.455. The van der Waals surface area contributed by atoms with Gasteiger partial charge in [0.1, 0.15) is 11.0 Å². The lowest BCUT2D eigenvalue weighted by Crippen LogP contribution is -2.32. The van der Waals surface area contributed by atoms with E-state index in [0.717, 1.165) is 12.8 Å². The molecule has 1 fully saturated rings. The summed E-state index contributed by atoms with van der Waals surface area (Å²) in [6, 6.07) is 4.70. The first-order chi connectivity index (χ1) is 8.13. The van der Waals surface area contributed by atoms with Crippen molar-refractivity contribution in [3.05, 3.63) is 24.0 Å². The van der Waals surface area contributed by atoms with E-state index in [1.54, 1.807) is 6.07 Å². The van der Waals surface area contributed by atoms with Gasteiger partial charge in [0.25, 0.3) is 0 Å². The van der Waals surface area contributed by atoms with Crippen molar-refractivity contribution in [3.8, 4) is 6.07 Å². The van der Waals surface area contributed by atoms with Crippen LogP contribution in [0.4, 0.5) is 0 Å². The van der Waals surface area contributed by atoms with Gasteiger partial charge in [0.2, 0.25) is 10.0 Å². The highest BCUT2D eigenvalue weighted by Crippen LogP contribution is 2.25. The Morgan fingerprint density at radius 1 is 1.53 bits per heavy atom. The number of aromatic nitrogens is 1. The number of sulfonamides is 1. The highest BCUT2D eigenvalue weighted by molar-refractivity contribution is 7.89. The van der Waals surface area contributed by atoms with Gasteiger partial charge in [0, 0.05) is 12.7 Å². The quantitative estimate of drug-likeness (QED) is 0.866. The highest BCUT2D eigenvalue weighted by Gasteiger charge is 2.23. The van der Waals surface area contributed by atoms with Gasteiger partial charge in [-0.15, -0.1) is 0 Å². The Balaban J connectivity index is 2.16. The molecule has 6 heteroatoms. The van der Waals surface area contributed by atoms with Gasteiger partial charge in [-0.25, -0.2) is 18.1 Å². The molecule has 0 saturated heterocycles. The minimum Gasteiger partial charge on any atom is -0.244 e. The fourth-order valence-corrected chi connectivity index (χ4v) is 2.91. The third kappa shape index (κ3) is 2.62. The fourth-order valence-electron chi connectivity index (χ4n) is 1.69. The van der Waals surface area contributed by atoms with E-state index in [1.807, 2.05) is 0 Å². The number of pyridine rings is 1. The molecule has 90 valence electrons. The van der Waals surface area contributed by atoms with E-state index < -0.39 is 10.0 Å². The van der Waals surface area contributed by atoms with Gasteiger partial charge in [-0.2, -0.15) is 5.26 Å². The largest absolute Gasteiger partial charge is 0.244 e. The number of nitrogens with one attached hydrogen (secondary N) is 1. The summed E-state index contributed by atoms with van der Waals surface area (Å²) in [6.45, 7) is 0.447. The molecular formula is C11H13N3O2S. The monoisotopic (exact) mass is 251 g/mol. The molecule has 17 heavy (non-hydrogen) atoms. The first-order valence-corrected chi connectivity index (χ1v) is 6.96. The number of hydrogen-bond acceptors (Lipinski definition) is 4. The Morgan fingerprint density at radius 3 is 2.88 bits per heavy atom. The average molecular weight is 251 g/mol. The molecule has 0 amide bonds. The predicted molar refractivity (Wildman–Crippen MR) is 61.5 cm³/mol. The van der Waals surface area contributed by atoms with Crippen LogP contribution in [0.1, 0.15) is 25.0 Å². The zero-order chi connectivity index (χ0) is 12.3.